The Morgan fingerprint density at radius 2 is 1.94 bits per heavy atom. The van der Waals surface area contributed by atoms with E-state index in [-0.39, 0.29) is 5.56 Å². The van der Waals surface area contributed by atoms with E-state index in [4.69, 9.17) is 5.11 Å². The zero-order valence-corrected chi connectivity index (χ0v) is 9.23. The molecule has 0 atom stereocenters. The highest BCUT2D eigenvalue weighted by Gasteiger charge is 2.08. The average molecular weight is 229 g/mol. The lowest BCUT2D eigenvalue weighted by atomic mass is 10.0. The number of aromatic nitrogens is 1. The summed E-state index contributed by atoms with van der Waals surface area (Å²) in [4.78, 5) is 24.9. The van der Waals surface area contributed by atoms with Crippen LogP contribution in [0.15, 0.2) is 41.2 Å². The van der Waals surface area contributed by atoms with Crippen LogP contribution in [0.4, 0.5) is 0 Å². The maximum atomic E-state index is 11.4. The van der Waals surface area contributed by atoms with Crippen molar-refractivity contribution in [1.82, 2.24) is 4.98 Å². The van der Waals surface area contributed by atoms with Crippen molar-refractivity contribution in [3.8, 4) is 11.3 Å². The molecule has 1 heterocycles. The average Bonchev–Trinajstić information content (AvgIpc) is 2.28. The number of hydrogen-bond acceptors (Lipinski definition) is 2. The Labute approximate surface area is 97.6 Å². The molecule has 86 valence electrons. The predicted octanol–water partition coefficient (Wildman–Crippen LogP) is 2.05. The second-order valence-electron chi connectivity index (χ2n) is 3.77. The first-order valence-corrected chi connectivity index (χ1v) is 5.11. The SMILES string of the molecule is Cc1ccccc1-c1cc(C(=O)O)cc(=O)[nH]1. The van der Waals surface area contributed by atoms with E-state index in [2.05, 4.69) is 4.98 Å². The first kappa shape index (κ1) is 11.1. The van der Waals surface area contributed by atoms with Crippen molar-refractivity contribution >= 4 is 5.97 Å². The van der Waals surface area contributed by atoms with Gasteiger partial charge in [0.1, 0.15) is 0 Å². The summed E-state index contributed by atoms with van der Waals surface area (Å²) < 4.78 is 0. The summed E-state index contributed by atoms with van der Waals surface area (Å²) in [6.45, 7) is 1.90. The van der Waals surface area contributed by atoms with E-state index in [1.807, 2.05) is 31.2 Å². The molecule has 0 aliphatic carbocycles. The van der Waals surface area contributed by atoms with Gasteiger partial charge in [-0.15, -0.1) is 0 Å². The van der Waals surface area contributed by atoms with E-state index in [0.29, 0.717) is 5.69 Å². The third-order valence-electron chi connectivity index (χ3n) is 2.53. The Morgan fingerprint density at radius 3 is 2.59 bits per heavy atom. The van der Waals surface area contributed by atoms with E-state index < -0.39 is 11.5 Å². The molecule has 0 unspecified atom stereocenters. The zero-order chi connectivity index (χ0) is 12.4. The third kappa shape index (κ3) is 2.25. The van der Waals surface area contributed by atoms with Gasteiger partial charge in [0.05, 0.1) is 5.56 Å². The highest BCUT2D eigenvalue weighted by Crippen LogP contribution is 2.20. The fourth-order valence-electron chi connectivity index (χ4n) is 1.69. The van der Waals surface area contributed by atoms with Gasteiger partial charge in [0.15, 0.2) is 0 Å². The first-order valence-electron chi connectivity index (χ1n) is 5.11. The number of nitrogens with one attached hydrogen (secondary N) is 1. The summed E-state index contributed by atoms with van der Waals surface area (Å²) in [5.74, 6) is -1.11. The lowest BCUT2D eigenvalue weighted by Gasteiger charge is -2.06. The molecule has 2 aromatic rings. The predicted molar refractivity (Wildman–Crippen MR) is 64.2 cm³/mol. The molecule has 17 heavy (non-hydrogen) atoms. The van der Waals surface area contributed by atoms with Gasteiger partial charge >= 0.3 is 5.97 Å². The van der Waals surface area contributed by atoms with Crippen LogP contribution in [0.5, 0.6) is 0 Å². The summed E-state index contributed by atoms with van der Waals surface area (Å²) in [6, 6.07) is 10.0. The second kappa shape index (κ2) is 4.25. The van der Waals surface area contributed by atoms with Crippen molar-refractivity contribution in [2.24, 2.45) is 0 Å². The van der Waals surface area contributed by atoms with Crippen LogP contribution in [0.3, 0.4) is 0 Å². The second-order valence-corrected chi connectivity index (χ2v) is 3.77. The van der Waals surface area contributed by atoms with Gasteiger partial charge in [-0.25, -0.2) is 4.79 Å². The monoisotopic (exact) mass is 229 g/mol. The number of aromatic carboxylic acids is 1. The van der Waals surface area contributed by atoms with Crippen LogP contribution in [0.25, 0.3) is 11.3 Å². The van der Waals surface area contributed by atoms with E-state index in [1.54, 1.807) is 0 Å². The number of carbonyl (C=O) groups is 1. The minimum atomic E-state index is -1.11. The van der Waals surface area contributed by atoms with Gasteiger partial charge in [-0.3, -0.25) is 4.79 Å². The molecule has 4 heteroatoms. The maximum Gasteiger partial charge on any atom is 0.335 e. The molecule has 0 amide bonds. The van der Waals surface area contributed by atoms with Crippen LogP contribution < -0.4 is 5.56 Å². The van der Waals surface area contributed by atoms with Gasteiger partial charge in [0.2, 0.25) is 5.56 Å². The smallest absolute Gasteiger partial charge is 0.335 e. The molecule has 2 N–H and O–H groups in total. The topological polar surface area (TPSA) is 70.2 Å². The van der Waals surface area contributed by atoms with E-state index in [1.165, 1.54) is 6.07 Å². The molecular weight excluding hydrogens is 218 g/mol. The molecule has 0 aliphatic rings. The summed E-state index contributed by atoms with van der Waals surface area (Å²) in [7, 11) is 0. The standard InChI is InChI=1S/C13H11NO3/c1-8-4-2-3-5-10(8)11-6-9(13(16)17)7-12(15)14-11/h2-7H,1H3,(H,14,15)(H,16,17). The Kier molecular flexibility index (Phi) is 2.78. The number of carboxylic acid groups (broad SMARTS) is 1. The Morgan fingerprint density at radius 1 is 1.24 bits per heavy atom. The van der Waals surface area contributed by atoms with Crippen LogP contribution in [-0.4, -0.2) is 16.1 Å². The number of aryl methyl sites for hydroxylation is 1. The maximum absolute atomic E-state index is 11.4. The van der Waals surface area contributed by atoms with Crippen molar-refractivity contribution in [2.75, 3.05) is 0 Å². The number of rotatable bonds is 2. The van der Waals surface area contributed by atoms with Crippen LogP contribution in [0.1, 0.15) is 15.9 Å². The van der Waals surface area contributed by atoms with Crippen LogP contribution in [-0.2, 0) is 0 Å². The van der Waals surface area contributed by atoms with Crippen LogP contribution in [0, 0.1) is 6.92 Å². The van der Waals surface area contributed by atoms with Gasteiger partial charge in [0.25, 0.3) is 0 Å². The largest absolute Gasteiger partial charge is 0.478 e. The van der Waals surface area contributed by atoms with Crippen LogP contribution >= 0.6 is 0 Å². The van der Waals surface area contributed by atoms with Gasteiger partial charge in [0, 0.05) is 17.3 Å². The molecule has 1 aromatic carbocycles. The molecule has 0 saturated heterocycles. The Balaban J connectivity index is 2.64. The highest BCUT2D eigenvalue weighted by molar-refractivity contribution is 5.88. The summed E-state index contributed by atoms with van der Waals surface area (Å²) in [5, 5.41) is 8.90. The fourth-order valence-corrected chi connectivity index (χ4v) is 1.69. The lowest BCUT2D eigenvalue weighted by Crippen LogP contribution is -2.10. The minimum absolute atomic E-state index is 0.00740. The number of hydrogen-bond donors (Lipinski definition) is 2. The molecule has 4 nitrogen and oxygen atoms in total. The molecule has 0 aliphatic heterocycles. The number of benzene rings is 1. The molecule has 0 saturated carbocycles. The summed E-state index contributed by atoms with van der Waals surface area (Å²) in [6.07, 6.45) is 0. The van der Waals surface area contributed by atoms with Crippen molar-refractivity contribution in [3.63, 3.8) is 0 Å². The van der Waals surface area contributed by atoms with Gasteiger partial charge in [-0.05, 0) is 18.6 Å². The lowest BCUT2D eigenvalue weighted by molar-refractivity contribution is 0.0696. The van der Waals surface area contributed by atoms with Crippen LogP contribution in [0.2, 0.25) is 0 Å². The van der Waals surface area contributed by atoms with Crippen molar-refractivity contribution in [1.29, 1.82) is 0 Å². The number of pyridine rings is 1. The van der Waals surface area contributed by atoms with E-state index in [0.717, 1.165) is 17.2 Å². The quantitative estimate of drug-likeness (QED) is 0.827. The van der Waals surface area contributed by atoms with E-state index >= 15 is 0 Å². The fraction of sp³-hybridized carbons (Fsp3) is 0.0769. The minimum Gasteiger partial charge on any atom is -0.478 e. The van der Waals surface area contributed by atoms with Gasteiger partial charge in [-0.2, -0.15) is 0 Å². The number of carboxylic acids is 1. The highest BCUT2D eigenvalue weighted by atomic mass is 16.4. The first-order chi connectivity index (χ1) is 8.08. The Bertz CT molecular complexity index is 629. The number of H-pyrrole nitrogens is 1. The molecular formula is C13H11NO3. The van der Waals surface area contributed by atoms with Crippen molar-refractivity contribution in [3.05, 3.63) is 57.9 Å². The number of aromatic amines is 1. The van der Waals surface area contributed by atoms with Crippen molar-refractivity contribution < 1.29 is 9.90 Å². The third-order valence-corrected chi connectivity index (χ3v) is 2.53. The normalized spacial score (nSPS) is 10.2. The Hall–Kier alpha value is -2.36. The molecule has 0 spiro atoms. The van der Waals surface area contributed by atoms with Gasteiger partial charge < -0.3 is 10.1 Å². The van der Waals surface area contributed by atoms with Gasteiger partial charge in [-0.1, -0.05) is 24.3 Å². The molecule has 1 aromatic heterocycles. The molecule has 2 rings (SSSR count). The molecule has 0 radical (unpaired) electrons. The van der Waals surface area contributed by atoms with Crippen molar-refractivity contribution in [2.45, 2.75) is 6.92 Å². The van der Waals surface area contributed by atoms with E-state index in [9.17, 15) is 9.59 Å². The summed E-state index contributed by atoms with van der Waals surface area (Å²) in [5.41, 5.74) is 1.90. The summed E-state index contributed by atoms with van der Waals surface area (Å²) >= 11 is 0. The molecule has 0 fully saturated rings. The zero-order valence-electron chi connectivity index (χ0n) is 9.23. The molecule has 0 bridgehead atoms.